The van der Waals surface area contributed by atoms with E-state index in [0.717, 1.165) is 31.7 Å². The van der Waals surface area contributed by atoms with Gasteiger partial charge in [-0.2, -0.15) is 4.31 Å². The van der Waals surface area contributed by atoms with Crippen molar-refractivity contribution in [3.05, 3.63) is 46.5 Å². The summed E-state index contributed by atoms with van der Waals surface area (Å²) >= 11 is 0. The number of benzene rings is 2. The Hall–Kier alpha value is -3.18. The van der Waals surface area contributed by atoms with E-state index in [9.17, 15) is 23.3 Å². The van der Waals surface area contributed by atoms with Crippen molar-refractivity contribution in [1.29, 1.82) is 0 Å². The molecule has 1 amide bonds. The lowest BCUT2D eigenvalue weighted by atomic mass is 10.2. The fourth-order valence-electron chi connectivity index (χ4n) is 3.59. The predicted octanol–water partition coefficient (Wildman–Crippen LogP) is 3.87. The van der Waals surface area contributed by atoms with E-state index in [1.807, 2.05) is 0 Å². The number of hydrogen-bond donors (Lipinski definition) is 2. The maximum absolute atomic E-state index is 13.0. The molecule has 1 aliphatic rings. The number of anilines is 3. The fourth-order valence-corrected chi connectivity index (χ4v) is 5.13. The summed E-state index contributed by atoms with van der Waals surface area (Å²) in [6, 6.07) is 8.65. The molecule has 2 aromatic rings. The van der Waals surface area contributed by atoms with Crippen LogP contribution in [-0.2, 0) is 14.8 Å². The molecule has 1 heterocycles. The van der Waals surface area contributed by atoms with Gasteiger partial charge in [0.2, 0.25) is 15.9 Å². The van der Waals surface area contributed by atoms with Crippen molar-refractivity contribution in [2.45, 2.75) is 37.5 Å². The summed E-state index contributed by atoms with van der Waals surface area (Å²) < 4.78 is 32.7. The maximum Gasteiger partial charge on any atom is 0.294 e. The van der Waals surface area contributed by atoms with Crippen molar-refractivity contribution < 1.29 is 22.9 Å². The number of sulfonamides is 1. The number of nitrogens with one attached hydrogen (secondary N) is 2. The van der Waals surface area contributed by atoms with E-state index in [1.54, 1.807) is 18.2 Å². The zero-order valence-corrected chi connectivity index (χ0v) is 18.8. The Labute approximate surface area is 186 Å². The number of ether oxygens (including phenoxy) is 1. The third-order valence-corrected chi connectivity index (χ3v) is 7.05. The minimum Gasteiger partial charge on any atom is -0.495 e. The van der Waals surface area contributed by atoms with Crippen LogP contribution < -0.4 is 15.4 Å². The van der Waals surface area contributed by atoms with Crippen molar-refractivity contribution in [3.8, 4) is 5.75 Å². The zero-order chi connectivity index (χ0) is 23.3. The van der Waals surface area contributed by atoms with E-state index >= 15 is 0 Å². The molecule has 0 unspecified atom stereocenters. The summed E-state index contributed by atoms with van der Waals surface area (Å²) in [6.07, 6.45) is 3.48. The average Bonchev–Trinajstić information content (AvgIpc) is 3.04. The Bertz CT molecular complexity index is 1110. The second-order valence-corrected chi connectivity index (χ2v) is 9.41. The Kier molecular flexibility index (Phi) is 7.31. The maximum atomic E-state index is 13.0. The van der Waals surface area contributed by atoms with Crippen LogP contribution in [0.15, 0.2) is 41.3 Å². The minimum absolute atomic E-state index is 0.106. The number of methoxy groups -OCH3 is 1. The summed E-state index contributed by atoms with van der Waals surface area (Å²) in [4.78, 5) is 22.4. The lowest BCUT2D eigenvalue weighted by Gasteiger charge is -2.20. The van der Waals surface area contributed by atoms with Crippen molar-refractivity contribution in [1.82, 2.24) is 4.31 Å². The Morgan fingerprint density at radius 1 is 1.06 bits per heavy atom. The van der Waals surface area contributed by atoms with E-state index in [0.29, 0.717) is 30.2 Å². The lowest BCUT2D eigenvalue weighted by molar-refractivity contribution is -0.384. The number of carbonyl (C=O) groups is 1. The van der Waals surface area contributed by atoms with Gasteiger partial charge in [-0.1, -0.05) is 12.8 Å². The highest BCUT2D eigenvalue weighted by atomic mass is 32.2. The number of hydrogen-bond acceptors (Lipinski definition) is 7. The van der Waals surface area contributed by atoms with Gasteiger partial charge >= 0.3 is 0 Å². The zero-order valence-electron chi connectivity index (χ0n) is 18.0. The molecule has 1 aliphatic heterocycles. The number of rotatable bonds is 7. The van der Waals surface area contributed by atoms with Crippen molar-refractivity contribution in [3.63, 3.8) is 0 Å². The summed E-state index contributed by atoms with van der Waals surface area (Å²) in [5.74, 6) is 0.133. The molecule has 0 bridgehead atoms. The van der Waals surface area contributed by atoms with E-state index in [1.165, 1.54) is 30.5 Å². The standard InChI is InChI=1S/C21H26N4O6S/c1-15(26)22-19-13-16(7-10-21(19)31-2)23-18-9-8-17(14-20(18)25(27)28)32(29,30)24-11-5-3-4-6-12-24/h7-10,13-14,23H,3-6,11-12H2,1-2H3,(H,22,26). The minimum atomic E-state index is -3.82. The summed E-state index contributed by atoms with van der Waals surface area (Å²) in [6.45, 7) is 2.18. The van der Waals surface area contributed by atoms with Crippen LogP contribution >= 0.6 is 0 Å². The van der Waals surface area contributed by atoms with Gasteiger partial charge in [0.15, 0.2) is 0 Å². The first-order chi connectivity index (χ1) is 15.2. The van der Waals surface area contributed by atoms with Crippen molar-refractivity contribution in [2.75, 3.05) is 30.8 Å². The molecule has 1 fully saturated rings. The van der Waals surface area contributed by atoms with Crippen LogP contribution in [0.25, 0.3) is 0 Å². The average molecular weight is 463 g/mol. The largest absolute Gasteiger partial charge is 0.495 e. The summed E-state index contributed by atoms with van der Waals surface area (Å²) in [5, 5.41) is 17.3. The van der Waals surface area contributed by atoms with Crippen LogP contribution in [0.5, 0.6) is 5.75 Å². The fraction of sp³-hybridized carbons (Fsp3) is 0.381. The molecule has 2 N–H and O–H groups in total. The molecule has 10 nitrogen and oxygen atoms in total. The molecule has 172 valence electrons. The second-order valence-electron chi connectivity index (χ2n) is 7.48. The topological polar surface area (TPSA) is 131 Å². The van der Waals surface area contributed by atoms with Crippen molar-refractivity contribution in [2.24, 2.45) is 0 Å². The van der Waals surface area contributed by atoms with Gasteiger partial charge < -0.3 is 15.4 Å². The molecule has 0 atom stereocenters. The second kappa shape index (κ2) is 9.96. The summed E-state index contributed by atoms with van der Waals surface area (Å²) in [7, 11) is -2.36. The van der Waals surface area contributed by atoms with Gasteiger partial charge in [-0.15, -0.1) is 0 Å². The van der Waals surface area contributed by atoms with E-state index in [2.05, 4.69) is 10.6 Å². The highest BCUT2D eigenvalue weighted by Gasteiger charge is 2.28. The third kappa shape index (κ3) is 5.35. The number of nitro groups is 1. The van der Waals surface area contributed by atoms with Gasteiger partial charge in [-0.05, 0) is 43.2 Å². The lowest BCUT2D eigenvalue weighted by Crippen LogP contribution is -2.32. The molecule has 0 spiro atoms. The highest BCUT2D eigenvalue weighted by Crippen LogP contribution is 2.34. The number of nitrogens with zero attached hydrogens (tertiary/aromatic N) is 2. The van der Waals surface area contributed by atoms with Gasteiger partial charge in [-0.3, -0.25) is 14.9 Å². The van der Waals surface area contributed by atoms with Crippen LogP contribution in [-0.4, -0.2) is 43.8 Å². The van der Waals surface area contributed by atoms with Crippen LogP contribution in [0.2, 0.25) is 0 Å². The van der Waals surface area contributed by atoms with Crippen LogP contribution in [0.4, 0.5) is 22.7 Å². The Morgan fingerprint density at radius 2 is 1.75 bits per heavy atom. The monoisotopic (exact) mass is 462 g/mol. The molecule has 2 aromatic carbocycles. The number of nitro benzene ring substituents is 1. The predicted molar refractivity (Wildman–Crippen MR) is 121 cm³/mol. The van der Waals surface area contributed by atoms with Gasteiger partial charge in [0.05, 0.1) is 22.6 Å². The molecule has 3 rings (SSSR count). The molecular weight excluding hydrogens is 436 g/mol. The normalized spacial score (nSPS) is 14.9. The summed E-state index contributed by atoms with van der Waals surface area (Å²) in [5.41, 5.74) is 0.621. The van der Waals surface area contributed by atoms with Crippen LogP contribution in [0, 0.1) is 10.1 Å². The molecule has 0 aromatic heterocycles. The van der Waals surface area contributed by atoms with Crippen LogP contribution in [0.1, 0.15) is 32.6 Å². The molecule has 0 radical (unpaired) electrons. The quantitative estimate of drug-likeness (QED) is 0.472. The Balaban J connectivity index is 1.93. The first kappa shape index (κ1) is 23.5. The number of carbonyl (C=O) groups excluding carboxylic acids is 1. The SMILES string of the molecule is COc1ccc(Nc2ccc(S(=O)(=O)N3CCCCCC3)cc2[N+](=O)[O-])cc1NC(C)=O. The van der Waals surface area contributed by atoms with Gasteiger partial charge in [-0.25, -0.2) is 8.42 Å². The molecule has 1 saturated heterocycles. The molecule has 32 heavy (non-hydrogen) atoms. The van der Waals surface area contributed by atoms with E-state index in [-0.39, 0.29) is 22.2 Å². The molecule has 0 aliphatic carbocycles. The third-order valence-electron chi connectivity index (χ3n) is 5.16. The number of amides is 1. The van der Waals surface area contributed by atoms with Crippen LogP contribution in [0.3, 0.4) is 0 Å². The highest BCUT2D eigenvalue weighted by molar-refractivity contribution is 7.89. The first-order valence-electron chi connectivity index (χ1n) is 10.2. The van der Waals surface area contributed by atoms with E-state index < -0.39 is 14.9 Å². The molecule has 11 heteroatoms. The van der Waals surface area contributed by atoms with Gasteiger partial charge in [0, 0.05) is 31.8 Å². The van der Waals surface area contributed by atoms with Crippen molar-refractivity contribution >= 4 is 38.7 Å². The molecule has 0 saturated carbocycles. The van der Waals surface area contributed by atoms with E-state index in [4.69, 9.17) is 4.74 Å². The first-order valence-corrected chi connectivity index (χ1v) is 11.7. The van der Waals surface area contributed by atoms with Gasteiger partial charge in [0.25, 0.3) is 5.69 Å². The smallest absolute Gasteiger partial charge is 0.294 e. The van der Waals surface area contributed by atoms with Gasteiger partial charge in [0.1, 0.15) is 11.4 Å². The molecular formula is C21H26N4O6S. The Morgan fingerprint density at radius 3 is 2.34 bits per heavy atom.